The van der Waals surface area contributed by atoms with Gasteiger partial charge in [0.15, 0.2) is 0 Å². The Morgan fingerprint density at radius 3 is 2.74 bits per heavy atom. The van der Waals surface area contributed by atoms with E-state index in [0.717, 1.165) is 35.2 Å². The lowest BCUT2D eigenvalue weighted by Crippen LogP contribution is -2.18. The summed E-state index contributed by atoms with van der Waals surface area (Å²) in [6, 6.07) is 10.4. The summed E-state index contributed by atoms with van der Waals surface area (Å²) in [5.41, 5.74) is 9.82. The SMILES string of the molecule is CCc1cc(C(N)Cc2cccc(Br)c2)n(CC)n1. The third-order valence-electron chi connectivity index (χ3n) is 3.25. The molecule has 2 N–H and O–H groups in total. The van der Waals surface area contributed by atoms with Crippen molar-refractivity contribution < 1.29 is 0 Å². The summed E-state index contributed by atoms with van der Waals surface area (Å²) in [4.78, 5) is 0. The number of aryl methyl sites for hydroxylation is 2. The molecule has 0 aliphatic heterocycles. The zero-order valence-electron chi connectivity index (χ0n) is 11.4. The summed E-state index contributed by atoms with van der Waals surface area (Å²) < 4.78 is 3.11. The fourth-order valence-corrected chi connectivity index (χ4v) is 2.68. The van der Waals surface area contributed by atoms with Gasteiger partial charge in [0.1, 0.15) is 0 Å². The van der Waals surface area contributed by atoms with Gasteiger partial charge in [-0.05, 0) is 43.5 Å². The Hall–Kier alpha value is -1.13. The maximum absolute atomic E-state index is 6.35. The predicted octanol–water partition coefficient (Wildman–Crippen LogP) is 3.47. The molecule has 0 saturated carbocycles. The molecule has 2 aromatic rings. The van der Waals surface area contributed by atoms with Gasteiger partial charge >= 0.3 is 0 Å². The minimum Gasteiger partial charge on any atom is -0.322 e. The molecule has 4 heteroatoms. The fourth-order valence-electron chi connectivity index (χ4n) is 2.23. The number of hydrogen-bond acceptors (Lipinski definition) is 2. The molecule has 1 aromatic heterocycles. The summed E-state index contributed by atoms with van der Waals surface area (Å²) >= 11 is 3.49. The van der Waals surface area contributed by atoms with Crippen LogP contribution in [0.1, 0.15) is 36.8 Å². The van der Waals surface area contributed by atoms with Crippen molar-refractivity contribution in [3.8, 4) is 0 Å². The molecule has 0 amide bonds. The number of nitrogens with zero attached hydrogens (tertiary/aromatic N) is 2. The van der Waals surface area contributed by atoms with Crippen LogP contribution in [0.25, 0.3) is 0 Å². The van der Waals surface area contributed by atoms with E-state index in [9.17, 15) is 0 Å². The molecule has 0 spiro atoms. The van der Waals surface area contributed by atoms with E-state index in [4.69, 9.17) is 5.73 Å². The van der Waals surface area contributed by atoms with E-state index in [2.05, 4.69) is 53.1 Å². The highest BCUT2D eigenvalue weighted by Crippen LogP contribution is 2.20. The van der Waals surface area contributed by atoms with Crippen molar-refractivity contribution in [3.05, 3.63) is 51.8 Å². The van der Waals surface area contributed by atoms with Gasteiger partial charge in [0.05, 0.1) is 17.4 Å². The first-order chi connectivity index (χ1) is 9.13. The van der Waals surface area contributed by atoms with E-state index < -0.39 is 0 Å². The highest BCUT2D eigenvalue weighted by molar-refractivity contribution is 9.10. The van der Waals surface area contributed by atoms with Gasteiger partial charge in [-0.2, -0.15) is 5.10 Å². The Balaban J connectivity index is 2.19. The van der Waals surface area contributed by atoms with Gasteiger partial charge in [-0.25, -0.2) is 0 Å². The van der Waals surface area contributed by atoms with Gasteiger partial charge in [0, 0.05) is 11.0 Å². The standard InChI is InChI=1S/C15H20BrN3/c1-3-13-10-15(19(4-2)18-13)14(17)9-11-6-5-7-12(16)8-11/h5-8,10,14H,3-4,9,17H2,1-2H3. The number of halogens is 1. The van der Waals surface area contributed by atoms with E-state index in [-0.39, 0.29) is 6.04 Å². The Morgan fingerprint density at radius 2 is 2.11 bits per heavy atom. The summed E-state index contributed by atoms with van der Waals surface area (Å²) in [7, 11) is 0. The van der Waals surface area contributed by atoms with Crippen LogP contribution in [-0.2, 0) is 19.4 Å². The number of hydrogen-bond donors (Lipinski definition) is 1. The van der Waals surface area contributed by atoms with Crippen LogP contribution < -0.4 is 5.73 Å². The molecule has 19 heavy (non-hydrogen) atoms. The van der Waals surface area contributed by atoms with Gasteiger partial charge in [0.25, 0.3) is 0 Å². The third kappa shape index (κ3) is 3.45. The van der Waals surface area contributed by atoms with Crippen LogP contribution in [0.5, 0.6) is 0 Å². The van der Waals surface area contributed by atoms with Crippen molar-refractivity contribution in [2.75, 3.05) is 0 Å². The normalized spacial score (nSPS) is 12.6. The molecule has 0 saturated heterocycles. The maximum atomic E-state index is 6.35. The Labute approximate surface area is 122 Å². The largest absolute Gasteiger partial charge is 0.322 e. The van der Waals surface area contributed by atoms with Gasteiger partial charge < -0.3 is 5.73 Å². The molecule has 1 unspecified atom stereocenters. The lowest BCUT2D eigenvalue weighted by molar-refractivity contribution is 0.565. The van der Waals surface area contributed by atoms with Gasteiger partial charge in [0.2, 0.25) is 0 Å². The second-order valence-electron chi connectivity index (χ2n) is 4.67. The van der Waals surface area contributed by atoms with Crippen molar-refractivity contribution in [1.82, 2.24) is 9.78 Å². The second kappa shape index (κ2) is 6.35. The van der Waals surface area contributed by atoms with E-state index in [1.807, 2.05) is 16.8 Å². The van der Waals surface area contributed by atoms with Crippen LogP contribution in [0.2, 0.25) is 0 Å². The van der Waals surface area contributed by atoms with Crippen LogP contribution >= 0.6 is 15.9 Å². The molecule has 1 heterocycles. The van der Waals surface area contributed by atoms with Crippen molar-refractivity contribution in [1.29, 1.82) is 0 Å². The lowest BCUT2D eigenvalue weighted by atomic mass is 10.0. The van der Waals surface area contributed by atoms with Crippen molar-refractivity contribution in [2.24, 2.45) is 5.73 Å². The highest BCUT2D eigenvalue weighted by Gasteiger charge is 2.14. The number of benzene rings is 1. The van der Waals surface area contributed by atoms with E-state index >= 15 is 0 Å². The van der Waals surface area contributed by atoms with Crippen LogP contribution in [0.3, 0.4) is 0 Å². The Bertz CT molecular complexity index is 548. The third-order valence-corrected chi connectivity index (χ3v) is 3.74. The average molecular weight is 322 g/mol. The van der Waals surface area contributed by atoms with E-state index in [1.54, 1.807) is 0 Å². The summed E-state index contributed by atoms with van der Waals surface area (Å²) in [6.07, 6.45) is 1.78. The maximum Gasteiger partial charge on any atom is 0.0625 e. The van der Waals surface area contributed by atoms with Crippen LogP contribution in [0.15, 0.2) is 34.8 Å². The van der Waals surface area contributed by atoms with Crippen molar-refractivity contribution in [3.63, 3.8) is 0 Å². The fraction of sp³-hybridized carbons (Fsp3) is 0.400. The van der Waals surface area contributed by atoms with Crippen LogP contribution in [0, 0.1) is 0 Å². The topological polar surface area (TPSA) is 43.8 Å². The first kappa shape index (κ1) is 14.3. The van der Waals surface area contributed by atoms with Crippen molar-refractivity contribution in [2.45, 2.75) is 39.3 Å². The molecular formula is C15H20BrN3. The van der Waals surface area contributed by atoms with E-state index in [1.165, 1.54) is 5.56 Å². The van der Waals surface area contributed by atoms with Crippen molar-refractivity contribution >= 4 is 15.9 Å². The molecular weight excluding hydrogens is 302 g/mol. The molecule has 0 aliphatic rings. The molecule has 102 valence electrons. The zero-order chi connectivity index (χ0) is 13.8. The monoisotopic (exact) mass is 321 g/mol. The highest BCUT2D eigenvalue weighted by atomic mass is 79.9. The molecule has 1 aromatic carbocycles. The first-order valence-electron chi connectivity index (χ1n) is 6.70. The van der Waals surface area contributed by atoms with Gasteiger partial charge in [-0.1, -0.05) is 35.0 Å². The summed E-state index contributed by atoms with van der Waals surface area (Å²) in [5, 5.41) is 4.55. The zero-order valence-corrected chi connectivity index (χ0v) is 13.0. The first-order valence-corrected chi connectivity index (χ1v) is 7.50. The molecule has 0 radical (unpaired) electrons. The molecule has 0 bridgehead atoms. The molecule has 0 fully saturated rings. The van der Waals surface area contributed by atoms with Gasteiger partial charge in [-0.3, -0.25) is 4.68 Å². The molecule has 2 rings (SSSR count). The molecule has 3 nitrogen and oxygen atoms in total. The Kier molecular flexibility index (Phi) is 4.77. The minimum absolute atomic E-state index is 0.0120. The number of rotatable bonds is 5. The molecule has 1 atom stereocenters. The van der Waals surface area contributed by atoms with Crippen LogP contribution in [0.4, 0.5) is 0 Å². The lowest BCUT2D eigenvalue weighted by Gasteiger charge is -2.13. The number of aromatic nitrogens is 2. The quantitative estimate of drug-likeness (QED) is 0.916. The average Bonchev–Trinajstić information content (AvgIpc) is 2.82. The second-order valence-corrected chi connectivity index (χ2v) is 5.59. The minimum atomic E-state index is -0.0120. The number of nitrogens with two attached hydrogens (primary N) is 1. The Morgan fingerprint density at radius 1 is 1.32 bits per heavy atom. The smallest absolute Gasteiger partial charge is 0.0625 e. The molecule has 0 aliphatic carbocycles. The van der Waals surface area contributed by atoms with Crippen LogP contribution in [-0.4, -0.2) is 9.78 Å². The summed E-state index contributed by atoms with van der Waals surface area (Å²) in [6.45, 7) is 5.08. The van der Waals surface area contributed by atoms with Gasteiger partial charge in [-0.15, -0.1) is 0 Å². The predicted molar refractivity (Wildman–Crippen MR) is 82.1 cm³/mol. The van der Waals surface area contributed by atoms with E-state index in [0.29, 0.717) is 0 Å². The summed E-state index contributed by atoms with van der Waals surface area (Å²) in [5.74, 6) is 0.